The van der Waals surface area contributed by atoms with Gasteiger partial charge in [0.25, 0.3) is 5.91 Å². The molecule has 0 atom stereocenters. The van der Waals surface area contributed by atoms with Gasteiger partial charge in [-0.05, 0) is 26.0 Å². The van der Waals surface area contributed by atoms with E-state index in [1.54, 1.807) is 43.0 Å². The lowest BCUT2D eigenvalue weighted by atomic mass is 10.2. The van der Waals surface area contributed by atoms with Gasteiger partial charge in [-0.1, -0.05) is 18.2 Å². The molecule has 3 rings (SSSR count). The van der Waals surface area contributed by atoms with Gasteiger partial charge in [-0.15, -0.1) is 0 Å². The van der Waals surface area contributed by atoms with E-state index in [1.807, 2.05) is 6.07 Å². The average molecular weight is 405 g/mol. The lowest BCUT2D eigenvalue weighted by Gasteiger charge is -2.34. The standard InChI is InChI=1S/C18H23N5O4S/c1-13-17(14(2)21-20-13)28(26,27)23-10-8-22(9-11-23)16(24)12-19-18(25)15-6-4-3-5-7-15/h3-7H,8-12H2,1-2H3,(H,19,25)(H,20,21). The Morgan fingerprint density at radius 3 is 2.32 bits per heavy atom. The first-order chi connectivity index (χ1) is 13.3. The van der Waals surface area contributed by atoms with Crippen molar-refractivity contribution < 1.29 is 18.0 Å². The van der Waals surface area contributed by atoms with Crippen LogP contribution in [0.25, 0.3) is 0 Å². The van der Waals surface area contributed by atoms with Crippen molar-refractivity contribution in [1.29, 1.82) is 0 Å². The minimum Gasteiger partial charge on any atom is -0.343 e. The topological polar surface area (TPSA) is 115 Å². The molecule has 1 fully saturated rings. The van der Waals surface area contributed by atoms with Crippen LogP contribution in [0.15, 0.2) is 35.2 Å². The van der Waals surface area contributed by atoms with E-state index in [-0.39, 0.29) is 49.4 Å². The van der Waals surface area contributed by atoms with Crippen molar-refractivity contribution in [2.75, 3.05) is 32.7 Å². The molecule has 0 saturated carbocycles. The number of benzene rings is 1. The summed E-state index contributed by atoms with van der Waals surface area (Å²) in [6.45, 7) is 4.13. The Bertz CT molecular complexity index is 944. The number of carbonyl (C=O) groups excluding carboxylic acids is 2. The third kappa shape index (κ3) is 4.07. The van der Waals surface area contributed by atoms with Crippen molar-refractivity contribution in [3.63, 3.8) is 0 Å². The fourth-order valence-corrected chi connectivity index (χ4v) is 4.94. The van der Waals surface area contributed by atoms with Crippen LogP contribution in [0.5, 0.6) is 0 Å². The van der Waals surface area contributed by atoms with Crippen LogP contribution in [0.4, 0.5) is 0 Å². The molecule has 0 radical (unpaired) electrons. The summed E-state index contributed by atoms with van der Waals surface area (Å²) < 4.78 is 27.1. The van der Waals surface area contributed by atoms with E-state index in [9.17, 15) is 18.0 Å². The second kappa shape index (κ2) is 8.11. The first-order valence-electron chi connectivity index (χ1n) is 8.93. The molecule has 0 spiro atoms. The zero-order chi connectivity index (χ0) is 20.3. The predicted octanol–water partition coefficient (Wildman–Crippen LogP) is 0.289. The van der Waals surface area contributed by atoms with E-state index in [4.69, 9.17) is 0 Å². The molecule has 0 aliphatic carbocycles. The Labute approximate surface area is 163 Å². The van der Waals surface area contributed by atoms with Gasteiger partial charge >= 0.3 is 0 Å². The molecule has 1 aliphatic heterocycles. The van der Waals surface area contributed by atoms with Crippen molar-refractivity contribution >= 4 is 21.8 Å². The van der Waals surface area contributed by atoms with E-state index in [1.165, 1.54) is 4.31 Å². The highest BCUT2D eigenvalue weighted by Gasteiger charge is 2.33. The van der Waals surface area contributed by atoms with Crippen molar-refractivity contribution in [2.45, 2.75) is 18.7 Å². The fourth-order valence-electron chi connectivity index (χ4n) is 3.19. The number of nitrogens with zero attached hydrogens (tertiary/aromatic N) is 3. The number of aromatic nitrogens is 2. The van der Waals surface area contributed by atoms with Crippen molar-refractivity contribution in [2.24, 2.45) is 0 Å². The SMILES string of the molecule is Cc1n[nH]c(C)c1S(=O)(=O)N1CCN(C(=O)CNC(=O)c2ccccc2)CC1. The molecular weight excluding hydrogens is 382 g/mol. The average Bonchev–Trinajstić information content (AvgIpc) is 3.05. The maximum absolute atomic E-state index is 12.8. The number of sulfonamides is 1. The molecule has 1 aromatic heterocycles. The normalized spacial score (nSPS) is 15.4. The Balaban J connectivity index is 1.55. The summed E-state index contributed by atoms with van der Waals surface area (Å²) in [6, 6.07) is 8.65. The maximum atomic E-state index is 12.8. The summed E-state index contributed by atoms with van der Waals surface area (Å²) in [6.07, 6.45) is 0. The van der Waals surface area contributed by atoms with Crippen LogP contribution in [0.3, 0.4) is 0 Å². The van der Waals surface area contributed by atoms with Gasteiger partial charge in [-0.25, -0.2) is 8.42 Å². The van der Waals surface area contributed by atoms with Crippen LogP contribution in [-0.2, 0) is 14.8 Å². The Morgan fingerprint density at radius 2 is 1.75 bits per heavy atom. The first-order valence-corrected chi connectivity index (χ1v) is 10.4. The predicted molar refractivity (Wildman–Crippen MR) is 102 cm³/mol. The molecule has 1 saturated heterocycles. The summed E-state index contributed by atoms with van der Waals surface area (Å²) in [4.78, 5) is 26.1. The molecule has 150 valence electrons. The summed E-state index contributed by atoms with van der Waals surface area (Å²) in [5.41, 5.74) is 1.41. The van der Waals surface area contributed by atoms with Gasteiger partial charge in [0.1, 0.15) is 4.90 Å². The number of aromatic amines is 1. The zero-order valence-corrected chi connectivity index (χ0v) is 16.6. The van der Waals surface area contributed by atoms with Crippen LogP contribution in [0.1, 0.15) is 21.7 Å². The lowest BCUT2D eigenvalue weighted by molar-refractivity contribution is -0.131. The van der Waals surface area contributed by atoms with Gasteiger partial charge < -0.3 is 10.2 Å². The molecule has 10 heteroatoms. The van der Waals surface area contributed by atoms with Crippen LogP contribution < -0.4 is 5.32 Å². The van der Waals surface area contributed by atoms with E-state index in [0.717, 1.165) is 0 Å². The van der Waals surface area contributed by atoms with Crippen LogP contribution >= 0.6 is 0 Å². The molecule has 2 N–H and O–H groups in total. The largest absolute Gasteiger partial charge is 0.343 e. The minimum atomic E-state index is -3.66. The van der Waals surface area contributed by atoms with Crippen LogP contribution in [0, 0.1) is 13.8 Å². The number of piperazine rings is 1. The zero-order valence-electron chi connectivity index (χ0n) is 15.8. The second-order valence-corrected chi connectivity index (χ2v) is 8.47. The molecule has 0 bridgehead atoms. The summed E-state index contributed by atoms with van der Waals surface area (Å²) >= 11 is 0. The van der Waals surface area contributed by atoms with Gasteiger partial charge in [0.05, 0.1) is 17.9 Å². The third-order valence-corrected chi connectivity index (χ3v) is 6.85. The lowest BCUT2D eigenvalue weighted by Crippen LogP contribution is -2.52. The first kappa shape index (κ1) is 20.0. The fraction of sp³-hybridized carbons (Fsp3) is 0.389. The van der Waals surface area contributed by atoms with Crippen molar-refractivity contribution in [3.8, 4) is 0 Å². The van der Waals surface area contributed by atoms with E-state index >= 15 is 0 Å². The van der Waals surface area contributed by atoms with E-state index < -0.39 is 10.0 Å². The molecule has 2 amide bonds. The molecular formula is C18H23N5O4S. The number of hydrogen-bond donors (Lipinski definition) is 2. The number of hydrogen-bond acceptors (Lipinski definition) is 5. The molecule has 2 heterocycles. The molecule has 9 nitrogen and oxygen atoms in total. The highest BCUT2D eigenvalue weighted by Crippen LogP contribution is 2.22. The number of aryl methyl sites for hydroxylation is 2. The Kier molecular flexibility index (Phi) is 5.80. The maximum Gasteiger partial charge on any atom is 0.251 e. The van der Waals surface area contributed by atoms with Gasteiger partial charge in [0.2, 0.25) is 15.9 Å². The molecule has 2 aromatic rings. The number of H-pyrrole nitrogens is 1. The van der Waals surface area contributed by atoms with Gasteiger partial charge in [0, 0.05) is 31.7 Å². The molecule has 28 heavy (non-hydrogen) atoms. The summed E-state index contributed by atoms with van der Waals surface area (Å²) in [7, 11) is -3.66. The highest BCUT2D eigenvalue weighted by atomic mass is 32.2. The molecule has 1 aliphatic rings. The minimum absolute atomic E-state index is 0.125. The van der Waals surface area contributed by atoms with Gasteiger partial charge in [-0.3, -0.25) is 14.7 Å². The number of amides is 2. The van der Waals surface area contributed by atoms with Crippen LogP contribution in [-0.4, -0.2) is 72.4 Å². The summed E-state index contributed by atoms with van der Waals surface area (Å²) in [5, 5.41) is 9.24. The second-order valence-electron chi connectivity index (χ2n) is 6.60. The Morgan fingerprint density at radius 1 is 1.11 bits per heavy atom. The van der Waals surface area contributed by atoms with Crippen LogP contribution in [0.2, 0.25) is 0 Å². The van der Waals surface area contributed by atoms with Crippen molar-refractivity contribution in [3.05, 3.63) is 47.3 Å². The van der Waals surface area contributed by atoms with E-state index in [0.29, 0.717) is 17.0 Å². The van der Waals surface area contributed by atoms with Gasteiger partial charge in [0.15, 0.2) is 0 Å². The number of rotatable bonds is 5. The molecule has 1 aromatic carbocycles. The third-order valence-electron chi connectivity index (χ3n) is 4.69. The smallest absolute Gasteiger partial charge is 0.251 e. The quantitative estimate of drug-likeness (QED) is 0.742. The summed E-state index contributed by atoms with van der Waals surface area (Å²) in [5.74, 6) is -0.557. The van der Waals surface area contributed by atoms with E-state index in [2.05, 4.69) is 15.5 Å². The van der Waals surface area contributed by atoms with Gasteiger partial charge in [-0.2, -0.15) is 9.40 Å². The number of nitrogens with one attached hydrogen (secondary N) is 2. The highest BCUT2D eigenvalue weighted by molar-refractivity contribution is 7.89. The van der Waals surface area contributed by atoms with Crippen molar-refractivity contribution in [1.82, 2.24) is 24.7 Å². The number of carbonyl (C=O) groups is 2. The Hall–Kier alpha value is -2.72. The molecule has 0 unspecified atom stereocenters. The monoisotopic (exact) mass is 405 g/mol.